The van der Waals surface area contributed by atoms with E-state index in [9.17, 15) is 14.7 Å². The van der Waals surface area contributed by atoms with Gasteiger partial charge in [0.25, 0.3) is 0 Å². The third kappa shape index (κ3) is 1.75. The Kier molecular flexibility index (Phi) is 2.89. The summed E-state index contributed by atoms with van der Waals surface area (Å²) in [7, 11) is 1.17. The Balaban J connectivity index is 2.93. The molecule has 2 aromatic carbocycles. The molecule has 0 fully saturated rings. The predicted molar refractivity (Wildman–Crippen MR) is 63.9 cm³/mol. The molecule has 18 heavy (non-hydrogen) atoms. The number of carboxylic acid groups (broad SMARTS) is 1. The van der Waals surface area contributed by atoms with Gasteiger partial charge in [-0.05, 0) is 17.5 Å². The van der Waals surface area contributed by atoms with Crippen LogP contribution in [-0.4, -0.2) is 29.3 Å². The number of fused-ring (bicyclic) bond motifs is 1. The van der Waals surface area contributed by atoms with E-state index in [2.05, 4.69) is 4.74 Å². The Bertz CT molecular complexity index is 645. The fourth-order valence-corrected chi connectivity index (χ4v) is 1.86. The molecule has 0 aromatic heterocycles. The van der Waals surface area contributed by atoms with Crippen LogP contribution in [0.4, 0.5) is 0 Å². The lowest BCUT2D eigenvalue weighted by Gasteiger charge is -2.09. The lowest BCUT2D eigenvalue weighted by molar-refractivity contribution is 0.0600. The van der Waals surface area contributed by atoms with E-state index in [0.717, 1.165) is 0 Å². The zero-order chi connectivity index (χ0) is 13.3. The molecule has 2 N–H and O–H groups in total. The molecule has 2 aromatic rings. The van der Waals surface area contributed by atoms with Crippen LogP contribution in [0.3, 0.4) is 0 Å². The number of benzene rings is 2. The Hall–Kier alpha value is -2.56. The largest absolute Gasteiger partial charge is 0.507 e. The van der Waals surface area contributed by atoms with Crippen molar-refractivity contribution in [3.8, 4) is 5.75 Å². The van der Waals surface area contributed by atoms with Crippen LogP contribution < -0.4 is 0 Å². The molecule has 5 heteroatoms. The number of rotatable bonds is 2. The Morgan fingerprint density at radius 1 is 1.17 bits per heavy atom. The van der Waals surface area contributed by atoms with Crippen molar-refractivity contribution in [2.24, 2.45) is 0 Å². The minimum absolute atomic E-state index is 0.0520. The lowest BCUT2D eigenvalue weighted by atomic mass is 9.98. The van der Waals surface area contributed by atoms with E-state index >= 15 is 0 Å². The molecule has 0 spiro atoms. The van der Waals surface area contributed by atoms with Gasteiger partial charge in [-0.2, -0.15) is 0 Å². The number of carbonyl (C=O) groups is 2. The molecule has 0 aliphatic heterocycles. The van der Waals surface area contributed by atoms with Gasteiger partial charge < -0.3 is 14.9 Å². The van der Waals surface area contributed by atoms with E-state index in [1.807, 2.05) is 0 Å². The summed E-state index contributed by atoms with van der Waals surface area (Å²) >= 11 is 0. The van der Waals surface area contributed by atoms with Crippen LogP contribution in [0.25, 0.3) is 10.8 Å². The first-order chi connectivity index (χ1) is 8.56. The van der Waals surface area contributed by atoms with E-state index in [0.29, 0.717) is 5.39 Å². The van der Waals surface area contributed by atoms with Crippen molar-refractivity contribution in [2.45, 2.75) is 0 Å². The average Bonchev–Trinajstić information content (AvgIpc) is 2.37. The molecule has 0 unspecified atom stereocenters. The number of aromatic hydroxyl groups is 1. The smallest absolute Gasteiger partial charge is 0.342 e. The number of aromatic carboxylic acids is 1. The van der Waals surface area contributed by atoms with Gasteiger partial charge in [0.1, 0.15) is 11.3 Å². The number of carbonyl (C=O) groups excluding carboxylic acids is 1. The summed E-state index contributed by atoms with van der Waals surface area (Å²) in [4.78, 5) is 22.8. The number of ether oxygens (including phenoxy) is 1. The highest BCUT2D eigenvalue weighted by molar-refractivity contribution is 6.14. The van der Waals surface area contributed by atoms with Crippen molar-refractivity contribution in [1.82, 2.24) is 0 Å². The molecule has 0 aliphatic carbocycles. The van der Waals surface area contributed by atoms with Gasteiger partial charge in [-0.25, -0.2) is 9.59 Å². The summed E-state index contributed by atoms with van der Waals surface area (Å²) in [5.41, 5.74) is -0.184. The molecule has 5 nitrogen and oxygen atoms in total. The molecule has 0 amide bonds. The summed E-state index contributed by atoms with van der Waals surface area (Å²) in [5.74, 6) is -2.24. The minimum atomic E-state index is -1.17. The first kappa shape index (κ1) is 11.9. The van der Waals surface area contributed by atoms with Gasteiger partial charge in [0.15, 0.2) is 0 Å². The number of methoxy groups -OCH3 is 1. The minimum Gasteiger partial charge on any atom is -0.507 e. The summed E-state index contributed by atoms with van der Waals surface area (Å²) < 4.78 is 4.57. The summed E-state index contributed by atoms with van der Waals surface area (Å²) in [6, 6.07) is 7.48. The van der Waals surface area contributed by atoms with Crippen molar-refractivity contribution in [2.75, 3.05) is 7.11 Å². The maximum absolute atomic E-state index is 11.6. The van der Waals surface area contributed by atoms with E-state index in [1.54, 1.807) is 18.2 Å². The molecule has 92 valence electrons. The van der Waals surface area contributed by atoms with Crippen LogP contribution in [0.2, 0.25) is 0 Å². The van der Waals surface area contributed by atoms with Gasteiger partial charge in [0, 0.05) is 5.39 Å². The van der Waals surface area contributed by atoms with E-state index in [-0.39, 0.29) is 22.3 Å². The van der Waals surface area contributed by atoms with E-state index in [4.69, 9.17) is 5.11 Å². The fourth-order valence-electron chi connectivity index (χ4n) is 1.86. The van der Waals surface area contributed by atoms with Crippen molar-refractivity contribution < 1.29 is 24.5 Å². The Morgan fingerprint density at radius 2 is 1.89 bits per heavy atom. The SMILES string of the molecule is COC(=O)c1c(O)ccc2cccc(C(=O)O)c12. The number of esters is 1. The highest BCUT2D eigenvalue weighted by Gasteiger charge is 2.20. The van der Waals surface area contributed by atoms with Crippen LogP contribution in [-0.2, 0) is 4.74 Å². The second-order valence-electron chi connectivity index (χ2n) is 3.66. The summed E-state index contributed by atoms with van der Waals surface area (Å²) in [6.07, 6.45) is 0. The van der Waals surface area contributed by atoms with Gasteiger partial charge in [-0.15, -0.1) is 0 Å². The first-order valence-corrected chi connectivity index (χ1v) is 5.12. The maximum Gasteiger partial charge on any atom is 0.342 e. The molecule has 0 atom stereocenters. The zero-order valence-electron chi connectivity index (χ0n) is 9.51. The van der Waals surface area contributed by atoms with Crippen LogP contribution in [0.5, 0.6) is 5.75 Å². The quantitative estimate of drug-likeness (QED) is 0.792. The van der Waals surface area contributed by atoms with Crippen LogP contribution in [0.1, 0.15) is 20.7 Å². The number of carboxylic acids is 1. The first-order valence-electron chi connectivity index (χ1n) is 5.12. The van der Waals surface area contributed by atoms with Crippen molar-refractivity contribution in [1.29, 1.82) is 0 Å². The lowest BCUT2D eigenvalue weighted by Crippen LogP contribution is -2.06. The van der Waals surface area contributed by atoms with Gasteiger partial charge in [-0.1, -0.05) is 18.2 Å². The summed E-state index contributed by atoms with van der Waals surface area (Å²) in [6.45, 7) is 0. The van der Waals surface area contributed by atoms with Gasteiger partial charge in [0.2, 0.25) is 0 Å². The Morgan fingerprint density at radius 3 is 2.50 bits per heavy atom. The summed E-state index contributed by atoms with van der Waals surface area (Å²) in [5, 5.41) is 19.6. The van der Waals surface area contributed by atoms with Crippen molar-refractivity contribution in [3.05, 3.63) is 41.5 Å². The predicted octanol–water partition coefficient (Wildman–Crippen LogP) is 2.03. The van der Waals surface area contributed by atoms with Gasteiger partial charge in [-0.3, -0.25) is 0 Å². The van der Waals surface area contributed by atoms with E-state index in [1.165, 1.54) is 19.2 Å². The van der Waals surface area contributed by atoms with Crippen LogP contribution in [0.15, 0.2) is 30.3 Å². The number of hydrogen-bond acceptors (Lipinski definition) is 4. The molecule has 0 heterocycles. The standard InChI is InChI=1S/C13H10O5/c1-18-13(17)11-9(14)6-5-7-3-2-4-8(10(7)11)12(15)16/h2-6,14H,1H3,(H,15,16). The van der Waals surface area contributed by atoms with Gasteiger partial charge >= 0.3 is 11.9 Å². The molecule has 0 saturated heterocycles. The third-order valence-corrected chi connectivity index (χ3v) is 2.64. The molecular formula is C13H10O5. The number of phenolic OH excluding ortho intramolecular Hbond substituents is 1. The highest BCUT2D eigenvalue weighted by atomic mass is 16.5. The zero-order valence-corrected chi connectivity index (χ0v) is 9.51. The fraction of sp³-hybridized carbons (Fsp3) is 0.0769. The van der Waals surface area contributed by atoms with Crippen molar-refractivity contribution in [3.63, 3.8) is 0 Å². The second kappa shape index (κ2) is 4.37. The monoisotopic (exact) mass is 246 g/mol. The van der Waals surface area contributed by atoms with Crippen LogP contribution in [0, 0.1) is 0 Å². The molecule has 2 rings (SSSR count). The molecular weight excluding hydrogens is 236 g/mol. The molecule has 0 bridgehead atoms. The maximum atomic E-state index is 11.6. The average molecular weight is 246 g/mol. The molecule has 0 radical (unpaired) electrons. The number of phenols is 1. The van der Waals surface area contributed by atoms with E-state index < -0.39 is 11.9 Å². The number of hydrogen-bond donors (Lipinski definition) is 2. The topological polar surface area (TPSA) is 83.8 Å². The Labute approximate surface area is 102 Å². The second-order valence-corrected chi connectivity index (χ2v) is 3.66. The van der Waals surface area contributed by atoms with Crippen LogP contribution >= 0.6 is 0 Å². The molecule has 0 aliphatic rings. The van der Waals surface area contributed by atoms with Crippen molar-refractivity contribution >= 4 is 22.7 Å². The highest BCUT2D eigenvalue weighted by Crippen LogP contribution is 2.30. The molecule has 0 saturated carbocycles. The van der Waals surface area contributed by atoms with Gasteiger partial charge in [0.05, 0.1) is 12.7 Å². The normalized spacial score (nSPS) is 10.3. The third-order valence-electron chi connectivity index (χ3n) is 2.64.